The van der Waals surface area contributed by atoms with Crippen LogP contribution in [0.15, 0.2) is 0 Å². The maximum Gasteiger partial charge on any atom is 0.401 e. The van der Waals surface area contributed by atoms with E-state index < -0.39 is 12.7 Å². The lowest BCUT2D eigenvalue weighted by atomic mass is 10.3. The Balaban J connectivity index is 2.31. The zero-order chi connectivity index (χ0) is 12.2. The lowest BCUT2D eigenvalue weighted by molar-refractivity contribution is -0.151. The fourth-order valence-corrected chi connectivity index (χ4v) is 1.85. The van der Waals surface area contributed by atoms with Crippen LogP contribution in [0.5, 0.6) is 0 Å². The van der Waals surface area contributed by atoms with Crippen molar-refractivity contribution in [2.24, 2.45) is 0 Å². The SMILES string of the molecule is O=C(CCS)N1CCN(CC(F)(F)F)CC1. The first kappa shape index (κ1) is 13.6. The van der Waals surface area contributed by atoms with Crippen LogP contribution in [0.2, 0.25) is 0 Å². The van der Waals surface area contributed by atoms with Gasteiger partial charge in [0.15, 0.2) is 0 Å². The van der Waals surface area contributed by atoms with Crippen LogP contribution in [0.25, 0.3) is 0 Å². The molecular weight excluding hydrogens is 241 g/mol. The number of hydrogen-bond acceptors (Lipinski definition) is 3. The first-order chi connectivity index (χ1) is 7.42. The molecule has 0 radical (unpaired) electrons. The summed E-state index contributed by atoms with van der Waals surface area (Å²) >= 11 is 3.95. The fraction of sp³-hybridized carbons (Fsp3) is 0.889. The van der Waals surface area contributed by atoms with E-state index in [4.69, 9.17) is 0 Å². The second-order valence-corrected chi connectivity index (χ2v) is 4.19. The zero-order valence-corrected chi connectivity index (χ0v) is 9.73. The Hall–Kier alpha value is -0.430. The van der Waals surface area contributed by atoms with Gasteiger partial charge in [-0.25, -0.2) is 0 Å². The van der Waals surface area contributed by atoms with Crippen LogP contribution in [0.1, 0.15) is 6.42 Å². The van der Waals surface area contributed by atoms with Crippen LogP contribution in [-0.2, 0) is 4.79 Å². The van der Waals surface area contributed by atoms with E-state index in [0.717, 1.165) is 0 Å². The number of hydrogen-bond donors (Lipinski definition) is 1. The molecule has 0 saturated carbocycles. The quantitative estimate of drug-likeness (QED) is 0.762. The number of carbonyl (C=O) groups excluding carboxylic acids is 1. The van der Waals surface area contributed by atoms with Crippen molar-refractivity contribution < 1.29 is 18.0 Å². The second-order valence-electron chi connectivity index (χ2n) is 3.75. The standard InChI is InChI=1S/C9H15F3N2OS/c10-9(11,12)7-13-2-4-14(5-3-13)8(15)1-6-16/h16H,1-7H2. The molecule has 16 heavy (non-hydrogen) atoms. The number of amides is 1. The topological polar surface area (TPSA) is 23.6 Å². The molecule has 0 N–H and O–H groups in total. The lowest BCUT2D eigenvalue weighted by Gasteiger charge is -2.35. The van der Waals surface area contributed by atoms with E-state index in [1.165, 1.54) is 4.90 Å². The third kappa shape index (κ3) is 4.61. The summed E-state index contributed by atoms with van der Waals surface area (Å²) < 4.78 is 36.3. The Morgan fingerprint density at radius 3 is 2.19 bits per heavy atom. The molecule has 1 aliphatic heterocycles. The number of thiol groups is 1. The average molecular weight is 256 g/mol. The Kier molecular flexibility index (Phi) is 4.91. The van der Waals surface area contributed by atoms with Crippen molar-refractivity contribution in [3.8, 4) is 0 Å². The minimum atomic E-state index is -4.16. The van der Waals surface area contributed by atoms with E-state index >= 15 is 0 Å². The number of halogens is 3. The van der Waals surface area contributed by atoms with Gasteiger partial charge in [-0.15, -0.1) is 0 Å². The normalized spacial score (nSPS) is 18.9. The number of nitrogens with zero attached hydrogens (tertiary/aromatic N) is 2. The molecule has 0 aliphatic carbocycles. The maximum atomic E-state index is 12.1. The molecule has 1 saturated heterocycles. The van der Waals surface area contributed by atoms with Crippen molar-refractivity contribution >= 4 is 18.5 Å². The van der Waals surface area contributed by atoms with Gasteiger partial charge in [-0.3, -0.25) is 9.69 Å². The summed E-state index contributed by atoms with van der Waals surface area (Å²) in [5.41, 5.74) is 0. The number of piperazine rings is 1. The molecule has 7 heteroatoms. The molecule has 94 valence electrons. The Morgan fingerprint density at radius 2 is 1.75 bits per heavy atom. The van der Waals surface area contributed by atoms with E-state index in [1.807, 2.05) is 0 Å². The molecule has 0 bridgehead atoms. The third-order valence-electron chi connectivity index (χ3n) is 2.45. The highest BCUT2D eigenvalue weighted by Gasteiger charge is 2.32. The molecule has 0 aromatic rings. The van der Waals surface area contributed by atoms with Crippen LogP contribution in [0.4, 0.5) is 13.2 Å². The molecule has 0 aromatic heterocycles. The van der Waals surface area contributed by atoms with Gasteiger partial charge in [-0.05, 0) is 5.75 Å². The van der Waals surface area contributed by atoms with E-state index in [9.17, 15) is 18.0 Å². The van der Waals surface area contributed by atoms with Crippen molar-refractivity contribution in [1.82, 2.24) is 9.80 Å². The maximum absolute atomic E-state index is 12.1. The van der Waals surface area contributed by atoms with Gasteiger partial charge in [0.25, 0.3) is 0 Å². The van der Waals surface area contributed by atoms with Gasteiger partial charge >= 0.3 is 6.18 Å². The van der Waals surface area contributed by atoms with Crippen molar-refractivity contribution in [2.45, 2.75) is 12.6 Å². The molecule has 3 nitrogen and oxygen atoms in total. The third-order valence-corrected chi connectivity index (χ3v) is 2.68. The van der Waals surface area contributed by atoms with Gasteiger partial charge in [-0.2, -0.15) is 25.8 Å². The van der Waals surface area contributed by atoms with Crippen LogP contribution < -0.4 is 0 Å². The summed E-state index contributed by atoms with van der Waals surface area (Å²) in [5.74, 6) is 0.448. The monoisotopic (exact) mass is 256 g/mol. The first-order valence-electron chi connectivity index (χ1n) is 5.10. The Labute approximate surface area is 98.0 Å². The minimum Gasteiger partial charge on any atom is -0.340 e. The van der Waals surface area contributed by atoms with E-state index in [1.54, 1.807) is 4.90 Å². The highest BCUT2D eigenvalue weighted by molar-refractivity contribution is 7.80. The van der Waals surface area contributed by atoms with Gasteiger partial charge in [0.2, 0.25) is 5.91 Å². The van der Waals surface area contributed by atoms with Crippen LogP contribution >= 0.6 is 12.6 Å². The molecule has 1 fully saturated rings. The Bertz CT molecular complexity index is 239. The molecule has 1 amide bonds. The molecule has 0 spiro atoms. The van der Waals surface area contributed by atoms with Crippen molar-refractivity contribution in [3.63, 3.8) is 0 Å². The molecule has 1 rings (SSSR count). The summed E-state index contributed by atoms with van der Waals surface area (Å²) in [6, 6.07) is 0. The summed E-state index contributed by atoms with van der Waals surface area (Å²) in [5, 5.41) is 0. The predicted molar refractivity (Wildman–Crippen MR) is 57.5 cm³/mol. The van der Waals surface area contributed by atoms with Gasteiger partial charge in [-0.1, -0.05) is 0 Å². The highest BCUT2D eigenvalue weighted by Crippen LogP contribution is 2.17. The van der Waals surface area contributed by atoms with Crippen molar-refractivity contribution in [1.29, 1.82) is 0 Å². The van der Waals surface area contributed by atoms with E-state index in [-0.39, 0.29) is 19.0 Å². The van der Waals surface area contributed by atoms with Crippen LogP contribution in [0.3, 0.4) is 0 Å². The Morgan fingerprint density at radius 1 is 1.19 bits per heavy atom. The summed E-state index contributed by atoms with van der Waals surface area (Å²) in [7, 11) is 0. The van der Waals surface area contributed by atoms with E-state index in [0.29, 0.717) is 25.3 Å². The minimum absolute atomic E-state index is 0.0262. The van der Waals surface area contributed by atoms with Crippen LogP contribution in [-0.4, -0.2) is 60.4 Å². The fourth-order valence-electron chi connectivity index (χ4n) is 1.66. The van der Waals surface area contributed by atoms with Crippen molar-refractivity contribution in [3.05, 3.63) is 0 Å². The summed E-state index contributed by atoms with van der Waals surface area (Å²) in [6.07, 6.45) is -3.81. The second kappa shape index (κ2) is 5.77. The lowest BCUT2D eigenvalue weighted by Crippen LogP contribution is -2.50. The molecule has 0 aromatic carbocycles. The largest absolute Gasteiger partial charge is 0.401 e. The highest BCUT2D eigenvalue weighted by atomic mass is 32.1. The molecule has 1 aliphatic rings. The smallest absolute Gasteiger partial charge is 0.340 e. The number of rotatable bonds is 3. The predicted octanol–water partition coefficient (Wildman–Crippen LogP) is 1.01. The molecular formula is C9H15F3N2OS. The van der Waals surface area contributed by atoms with Gasteiger partial charge in [0.1, 0.15) is 0 Å². The first-order valence-corrected chi connectivity index (χ1v) is 5.73. The zero-order valence-electron chi connectivity index (χ0n) is 8.83. The summed E-state index contributed by atoms with van der Waals surface area (Å²) in [4.78, 5) is 14.4. The van der Waals surface area contributed by atoms with Crippen molar-refractivity contribution in [2.75, 3.05) is 38.5 Å². The average Bonchev–Trinajstić information content (AvgIpc) is 2.16. The van der Waals surface area contributed by atoms with E-state index in [2.05, 4.69) is 12.6 Å². The summed E-state index contributed by atoms with van der Waals surface area (Å²) in [6.45, 7) is 0.447. The molecule has 1 heterocycles. The van der Waals surface area contributed by atoms with Gasteiger partial charge in [0, 0.05) is 32.6 Å². The molecule has 0 unspecified atom stereocenters. The van der Waals surface area contributed by atoms with Gasteiger partial charge in [0.05, 0.1) is 6.54 Å². The number of alkyl halides is 3. The van der Waals surface area contributed by atoms with Crippen LogP contribution in [0, 0.1) is 0 Å². The van der Waals surface area contributed by atoms with Gasteiger partial charge < -0.3 is 4.90 Å². The number of carbonyl (C=O) groups is 1. The molecule has 0 atom stereocenters.